The predicted octanol–water partition coefficient (Wildman–Crippen LogP) is 14.0. The molecule has 0 aliphatic carbocycles. The maximum atomic E-state index is 4.90. The number of hydrogen-bond acceptors (Lipinski definition) is 1. The average molecular weight is 660 g/mol. The van der Waals surface area contributed by atoms with Crippen LogP contribution in [0.4, 0.5) is 0 Å². The van der Waals surface area contributed by atoms with Crippen LogP contribution < -0.4 is 0 Å². The second-order valence-electron chi connectivity index (χ2n) is 13.4. The molecular weight excluding hydrogens is 627 g/mol. The minimum absolute atomic E-state index is 1.03. The highest BCUT2D eigenvalue weighted by Crippen LogP contribution is 2.49. The van der Waals surface area contributed by atoms with Crippen molar-refractivity contribution in [1.82, 2.24) is 4.98 Å². The molecule has 10 aromatic rings. The molecule has 1 heteroatoms. The molecule has 0 radical (unpaired) electrons. The lowest BCUT2D eigenvalue weighted by Gasteiger charge is -2.22. The lowest BCUT2D eigenvalue weighted by molar-refractivity contribution is 1.43. The van der Waals surface area contributed by atoms with E-state index >= 15 is 0 Å². The van der Waals surface area contributed by atoms with Crippen molar-refractivity contribution in [2.45, 2.75) is 0 Å². The standard InChI is InChI=1S/C51H33N/c1-3-16-34(17-4-1)38-21-9-11-24-41(38)49-43-26-13-14-27-44(43)50(42-25-12-10-22-39(42)35-18-5-2-6-19-35)48-33-37(29-30-45(48)49)47-32-36-20-7-8-23-40(36)51-46(47)28-15-31-52-51/h1-33H. The fourth-order valence-corrected chi connectivity index (χ4v) is 8.22. The van der Waals surface area contributed by atoms with Gasteiger partial charge in [0.05, 0.1) is 5.52 Å². The maximum absolute atomic E-state index is 4.90. The Kier molecular flexibility index (Phi) is 7.22. The van der Waals surface area contributed by atoms with E-state index in [4.69, 9.17) is 4.98 Å². The molecule has 0 aliphatic heterocycles. The number of rotatable bonds is 5. The molecule has 0 unspecified atom stereocenters. The van der Waals surface area contributed by atoms with Gasteiger partial charge >= 0.3 is 0 Å². The zero-order valence-electron chi connectivity index (χ0n) is 28.5. The highest BCUT2D eigenvalue weighted by molar-refractivity contribution is 6.24. The van der Waals surface area contributed by atoms with Crippen LogP contribution in [0.15, 0.2) is 200 Å². The van der Waals surface area contributed by atoms with Crippen molar-refractivity contribution in [3.8, 4) is 55.6 Å². The van der Waals surface area contributed by atoms with Crippen LogP contribution in [0.3, 0.4) is 0 Å². The second kappa shape index (κ2) is 12.5. The molecule has 9 aromatic carbocycles. The molecule has 1 aromatic heterocycles. The molecule has 0 atom stereocenters. The van der Waals surface area contributed by atoms with E-state index < -0.39 is 0 Å². The van der Waals surface area contributed by atoms with Crippen molar-refractivity contribution in [1.29, 1.82) is 0 Å². The van der Waals surface area contributed by atoms with Crippen molar-refractivity contribution < 1.29 is 0 Å². The van der Waals surface area contributed by atoms with Crippen LogP contribution in [-0.4, -0.2) is 4.98 Å². The number of hydrogen-bond donors (Lipinski definition) is 0. The van der Waals surface area contributed by atoms with Gasteiger partial charge in [0.25, 0.3) is 0 Å². The Balaban J connectivity index is 1.36. The summed E-state index contributed by atoms with van der Waals surface area (Å²) in [5, 5.41) is 8.44. The first-order valence-electron chi connectivity index (χ1n) is 17.9. The molecule has 0 amide bonds. The molecule has 0 bridgehead atoms. The summed E-state index contributed by atoms with van der Waals surface area (Å²) < 4.78 is 0. The van der Waals surface area contributed by atoms with Gasteiger partial charge in [-0.1, -0.05) is 176 Å². The SMILES string of the molecule is c1ccc(-c2ccccc2-c2c3ccccc3c(-c3ccccc3-c3ccccc3)c3cc(-c4cc5ccccc5c5ncccc45)ccc23)cc1. The smallest absolute Gasteiger partial charge is 0.0786 e. The third-order valence-electron chi connectivity index (χ3n) is 10.5. The third kappa shape index (κ3) is 4.90. The monoisotopic (exact) mass is 659 g/mol. The summed E-state index contributed by atoms with van der Waals surface area (Å²) in [5.41, 5.74) is 13.2. The molecular formula is C51H33N. The molecule has 0 aliphatic rings. The van der Waals surface area contributed by atoms with E-state index in [0.29, 0.717) is 0 Å². The fraction of sp³-hybridized carbons (Fsp3) is 0. The topological polar surface area (TPSA) is 12.9 Å². The molecule has 1 nitrogen and oxygen atoms in total. The van der Waals surface area contributed by atoms with Gasteiger partial charge < -0.3 is 0 Å². The molecule has 10 rings (SSSR count). The second-order valence-corrected chi connectivity index (χ2v) is 13.4. The minimum atomic E-state index is 1.03. The summed E-state index contributed by atoms with van der Waals surface area (Å²) in [6, 6.07) is 70.6. The summed E-state index contributed by atoms with van der Waals surface area (Å²) in [4.78, 5) is 4.90. The van der Waals surface area contributed by atoms with Gasteiger partial charge in [-0.25, -0.2) is 0 Å². The maximum Gasteiger partial charge on any atom is 0.0786 e. The summed E-state index contributed by atoms with van der Waals surface area (Å²) in [6.45, 7) is 0. The summed E-state index contributed by atoms with van der Waals surface area (Å²) >= 11 is 0. The number of fused-ring (bicyclic) bond motifs is 5. The molecule has 1 heterocycles. The predicted molar refractivity (Wildman–Crippen MR) is 221 cm³/mol. The zero-order valence-corrected chi connectivity index (χ0v) is 28.5. The van der Waals surface area contributed by atoms with Crippen LogP contribution in [0.1, 0.15) is 0 Å². The minimum Gasteiger partial charge on any atom is -0.256 e. The van der Waals surface area contributed by atoms with Crippen molar-refractivity contribution in [3.63, 3.8) is 0 Å². The Labute approximate surface area is 303 Å². The molecule has 52 heavy (non-hydrogen) atoms. The van der Waals surface area contributed by atoms with Crippen LogP contribution in [0.25, 0.3) is 98.9 Å². The van der Waals surface area contributed by atoms with Crippen LogP contribution in [-0.2, 0) is 0 Å². The van der Waals surface area contributed by atoms with Crippen LogP contribution >= 0.6 is 0 Å². The van der Waals surface area contributed by atoms with Gasteiger partial charge in [-0.15, -0.1) is 0 Å². The normalized spacial score (nSPS) is 11.5. The number of aromatic nitrogens is 1. The van der Waals surface area contributed by atoms with Crippen molar-refractivity contribution in [3.05, 3.63) is 200 Å². The van der Waals surface area contributed by atoms with E-state index in [2.05, 4.69) is 194 Å². The Bertz CT molecular complexity index is 2940. The van der Waals surface area contributed by atoms with Gasteiger partial charge in [0, 0.05) is 17.0 Å². The molecule has 0 N–H and O–H groups in total. The zero-order chi connectivity index (χ0) is 34.4. The fourth-order valence-electron chi connectivity index (χ4n) is 8.22. The quantitative estimate of drug-likeness (QED) is 0.132. The Morgan fingerprint density at radius 3 is 1.38 bits per heavy atom. The largest absolute Gasteiger partial charge is 0.256 e. The van der Waals surface area contributed by atoms with E-state index in [0.717, 1.165) is 10.9 Å². The van der Waals surface area contributed by atoms with Crippen molar-refractivity contribution in [2.24, 2.45) is 0 Å². The number of pyridine rings is 1. The van der Waals surface area contributed by atoms with Crippen molar-refractivity contribution in [2.75, 3.05) is 0 Å². The molecule has 0 saturated heterocycles. The van der Waals surface area contributed by atoms with Crippen molar-refractivity contribution >= 4 is 43.2 Å². The molecule has 0 fully saturated rings. The lowest BCUT2D eigenvalue weighted by atomic mass is 9.81. The first kappa shape index (κ1) is 30.0. The van der Waals surface area contributed by atoms with Gasteiger partial charge in [0.2, 0.25) is 0 Å². The highest BCUT2D eigenvalue weighted by Gasteiger charge is 2.21. The van der Waals surface area contributed by atoms with E-state index in [1.54, 1.807) is 0 Å². The van der Waals surface area contributed by atoms with Gasteiger partial charge in [0.15, 0.2) is 0 Å². The average Bonchev–Trinajstić information content (AvgIpc) is 3.23. The lowest BCUT2D eigenvalue weighted by Crippen LogP contribution is -1.95. The summed E-state index contributed by atoms with van der Waals surface area (Å²) in [6.07, 6.45) is 1.90. The highest BCUT2D eigenvalue weighted by atomic mass is 14.6. The van der Waals surface area contributed by atoms with Gasteiger partial charge in [-0.3, -0.25) is 4.98 Å². The number of nitrogens with zero attached hydrogens (tertiary/aromatic N) is 1. The van der Waals surface area contributed by atoms with E-state index in [1.165, 1.54) is 88.0 Å². The van der Waals surface area contributed by atoms with E-state index in [9.17, 15) is 0 Å². The molecule has 0 spiro atoms. The first-order chi connectivity index (χ1) is 25.8. The van der Waals surface area contributed by atoms with E-state index in [-0.39, 0.29) is 0 Å². The number of benzene rings is 9. The summed E-state index contributed by atoms with van der Waals surface area (Å²) in [5.74, 6) is 0. The van der Waals surface area contributed by atoms with Gasteiger partial charge in [-0.05, 0) is 101 Å². The Morgan fingerprint density at radius 1 is 0.269 bits per heavy atom. The van der Waals surface area contributed by atoms with Gasteiger partial charge in [0.1, 0.15) is 0 Å². The third-order valence-corrected chi connectivity index (χ3v) is 10.5. The molecule has 242 valence electrons. The Hall–Kier alpha value is -6.83. The van der Waals surface area contributed by atoms with E-state index in [1.807, 2.05) is 6.20 Å². The van der Waals surface area contributed by atoms with Crippen LogP contribution in [0.2, 0.25) is 0 Å². The Morgan fingerprint density at radius 2 is 0.750 bits per heavy atom. The van der Waals surface area contributed by atoms with Crippen LogP contribution in [0, 0.1) is 0 Å². The van der Waals surface area contributed by atoms with Gasteiger partial charge in [-0.2, -0.15) is 0 Å². The van der Waals surface area contributed by atoms with Crippen LogP contribution in [0.5, 0.6) is 0 Å². The summed E-state index contributed by atoms with van der Waals surface area (Å²) in [7, 11) is 0. The molecule has 0 saturated carbocycles. The first-order valence-corrected chi connectivity index (χ1v) is 17.9.